The van der Waals surface area contributed by atoms with Gasteiger partial charge in [0.25, 0.3) is 0 Å². The molecule has 1 aromatic carbocycles. The highest BCUT2D eigenvalue weighted by atomic mass is 32.1. The lowest BCUT2D eigenvalue weighted by Crippen LogP contribution is -2.48. The molecular weight excluding hydrogens is 494 g/mol. The molecule has 192 valence electrons. The number of hydrogen-bond acceptors (Lipinski definition) is 6. The number of hydrogen-bond donors (Lipinski definition) is 1. The molecule has 9 heteroatoms. The summed E-state index contributed by atoms with van der Waals surface area (Å²) in [4.78, 5) is 43.4. The summed E-state index contributed by atoms with van der Waals surface area (Å²) in [5.41, 5.74) is 0.998. The van der Waals surface area contributed by atoms with Crippen LogP contribution in [0, 0.1) is 0 Å². The fourth-order valence-corrected chi connectivity index (χ4v) is 5.17. The maximum Gasteiger partial charge on any atom is 0.407 e. The third-order valence-corrected chi connectivity index (χ3v) is 7.52. The van der Waals surface area contributed by atoms with Crippen LogP contribution in [0.3, 0.4) is 0 Å². The molecule has 1 atom stereocenters. The molecular formula is C27H33N3O4S2. The fraction of sp³-hybridized carbons (Fsp3) is 0.370. The maximum atomic E-state index is 13.7. The number of rotatable bonds is 13. The van der Waals surface area contributed by atoms with Gasteiger partial charge in [-0.1, -0.05) is 42.5 Å². The normalized spacial score (nSPS) is 11.5. The van der Waals surface area contributed by atoms with Gasteiger partial charge in [-0.15, -0.1) is 22.7 Å². The highest BCUT2D eigenvalue weighted by Gasteiger charge is 2.29. The van der Waals surface area contributed by atoms with Gasteiger partial charge in [0.15, 0.2) is 0 Å². The van der Waals surface area contributed by atoms with Crippen LogP contribution < -0.4 is 5.32 Å². The molecule has 1 N–H and O–H groups in total. The lowest BCUT2D eigenvalue weighted by molar-refractivity contribution is -0.144. The van der Waals surface area contributed by atoms with E-state index in [1.54, 1.807) is 29.7 Å². The topological polar surface area (TPSA) is 79.0 Å². The van der Waals surface area contributed by atoms with Crippen molar-refractivity contribution in [3.63, 3.8) is 0 Å². The Morgan fingerprint density at radius 3 is 2.11 bits per heavy atom. The molecule has 7 nitrogen and oxygen atoms in total. The van der Waals surface area contributed by atoms with Gasteiger partial charge in [-0.05, 0) is 47.7 Å². The number of carbonyl (C=O) groups excluding carboxylic acids is 3. The molecule has 0 saturated carbocycles. The first-order valence-corrected chi connectivity index (χ1v) is 13.7. The molecule has 36 heavy (non-hydrogen) atoms. The second kappa shape index (κ2) is 14.4. The number of nitrogens with one attached hydrogen (secondary N) is 1. The van der Waals surface area contributed by atoms with Crippen LogP contribution in [0.25, 0.3) is 0 Å². The Hall–Kier alpha value is -3.17. The summed E-state index contributed by atoms with van der Waals surface area (Å²) in [7, 11) is 1.67. The van der Waals surface area contributed by atoms with E-state index in [2.05, 4.69) is 5.32 Å². The number of thiophene rings is 2. The third-order valence-electron chi connectivity index (χ3n) is 5.80. The lowest BCUT2D eigenvalue weighted by Gasteiger charge is -2.32. The van der Waals surface area contributed by atoms with Crippen molar-refractivity contribution in [3.05, 3.63) is 80.7 Å². The number of likely N-dealkylation sites (N-methyl/N-ethyl adjacent to an activating group) is 1. The number of amides is 3. The SMILES string of the molecule is CC(=O)N(C)[C@@H](CCCCOC(=O)NCc1ccccc1)C(=O)N(Cc1cccs1)Cc1cccs1. The van der Waals surface area contributed by atoms with E-state index in [1.165, 1.54) is 11.8 Å². The average molecular weight is 528 g/mol. The Bertz CT molecular complexity index is 1040. The van der Waals surface area contributed by atoms with E-state index in [0.29, 0.717) is 38.9 Å². The summed E-state index contributed by atoms with van der Waals surface area (Å²) < 4.78 is 5.28. The minimum Gasteiger partial charge on any atom is -0.450 e. The van der Waals surface area contributed by atoms with E-state index in [4.69, 9.17) is 4.74 Å². The van der Waals surface area contributed by atoms with E-state index in [1.807, 2.05) is 70.3 Å². The summed E-state index contributed by atoms with van der Waals surface area (Å²) in [5.74, 6) is -0.229. The number of ether oxygens (including phenoxy) is 1. The molecule has 0 aliphatic rings. The van der Waals surface area contributed by atoms with Gasteiger partial charge in [0.1, 0.15) is 6.04 Å². The van der Waals surface area contributed by atoms with Crippen LogP contribution in [-0.4, -0.2) is 47.4 Å². The molecule has 0 spiro atoms. The van der Waals surface area contributed by atoms with Crippen molar-refractivity contribution in [2.24, 2.45) is 0 Å². The van der Waals surface area contributed by atoms with Crippen LogP contribution in [-0.2, 0) is 34.0 Å². The van der Waals surface area contributed by atoms with E-state index >= 15 is 0 Å². The van der Waals surface area contributed by atoms with Crippen LogP contribution >= 0.6 is 22.7 Å². The zero-order valence-electron chi connectivity index (χ0n) is 20.7. The van der Waals surface area contributed by atoms with Gasteiger partial charge in [0.05, 0.1) is 19.7 Å². The average Bonchev–Trinajstić information content (AvgIpc) is 3.59. The number of nitrogens with zero attached hydrogens (tertiary/aromatic N) is 2. The second-order valence-electron chi connectivity index (χ2n) is 8.47. The molecule has 0 aliphatic heterocycles. The summed E-state index contributed by atoms with van der Waals surface area (Å²) >= 11 is 3.22. The summed E-state index contributed by atoms with van der Waals surface area (Å²) in [5, 5.41) is 6.73. The van der Waals surface area contributed by atoms with Crippen LogP contribution in [0.1, 0.15) is 41.5 Å². The first-order chi connectivity index (χ1) is 17.4. The molecule has 0 aliphatic carbocycles. The van der Waals surface area contributed by atoms with Gasteiger partial charge in [0.2, 0.25) is 11.8 Å². The Balaban J connectivity index is 1.53. The first-order valence-electron chi connectivity index (χ1n) is 12.0. The molecule has 3 amide bonds. The van der Waals surface area contributed by atoms with Crippen molar-refractivity contribution in [1.82, 2.24) is 15.1 Å². The van der Waals surface area contributed by atoms with Gasteiger partial charge in [-0.3, -0.25) is 9.59 Å². The summed E-state index contributed by atoms with van der Waals surface area (Å²) in [6.45, 7) is 3.13. The van der Waals surface area contributed by atoms with E-state index in [9.17, 15) is 14.4 Å². The maximum absolute atomic E-state index is 13.7. The van der Waals surface area contributed by atoms with E-state index in [-0.39, 0.29) is 18.4 Å². The molecule has 0 unspecified atom stereocenters. The number of benzene rings is 1. The molecule has 3 aromatic rings. The Kier molecular flexibility index (Phi) is 11.0. The number of unbranched alkanes of at least 4 members (excludes halogenated alkanes) is 1. The third kappa shape index (κ3) is 8.80. The second-order valence-corrected chi connectivity index (χ2v) is 10.5. The Morgan fingerprint density at radius 2 is 1.56 bits per heavy atom. The fourth-order valence-electron chi connectivity index (χ4n) is 3.73. The molecule has 0 fully saturated rings. The lowest BCUT2D eigenvalue weighted by atomic mass is 10.1. The van der Waals surface area contributed by atoms with Gasteiger partial charge in [-0.2, -0.15) is 0 Å². The van der Waals surface area contributed by atoms with Crippen LogP contribution in [0.2, 0.25) is 0 Å². The smallest absolute Gasteiger partial charge is 0.407 e. The van der Waals surface area contributed by atoms with Crippen molar-refractivity contribution in [2.75, 3.05) is 13.7 Å². The molecule has 2 aromatic heterocycles. The Labute approximate surface area is 220 Å². The predicted molar refractivity (Wildman–Crippen MR) is 144 cm³/mol. The molecule has 0 saturated heterocycles. The van der Waals surface area contributed by atoms with Gasteiger partial charge >= 0.3 is 6.09 Å². The standard InChI is InChI=1S/C27H33N3O4S2/c1-21(31)29(2)25(14-6-7-15-34-27(33)28-18-22-10-4-3-5-11-22)26(32)30(19-23-12-8-16-35-23)20-24-13-9-17-36-24/h3-5,8-13,16-17,25H,6-7,14-15,18-20H2,1-2H3,(H,28,33)/t25-/m0/s1. The van der Waals surface area contributed by atoms with Crippen LogP contribution in [0.4, 0.5) is 4.79 Å². The van der Waals surface area contributed by atoms with Crippen molar-refractivity contribution in [1.29, 1.82) is 0 Å². The summed E-state index contributed by atoms with van der Waals surface area (Å²) in [6.07, 6.45) is 1.27. The zero-order valence-corrected chi connectivity index (χ0v) is 22.4. The molecule has 2 heterocycles. The molecule has 0 bridgehead atoms. The largest absolute Gasteiger partial charge is 0.450 e. The van der Waals surface area contributed by atoms with Crippen LogP contribution in [0.5, 0.6) is 0 Å². The van der Waals surface area contributed by atoms with Crippen molar-refractivity contribution in [2.45, 2.75) is 51.9 Å². The van der Waals surface area contributed by atoms with Crippen molar-refractivity contribution >= 4 is 40.6 Å². The minimum absolute atomic E-state index is 0.0731. The van der Waals surface area contributed by atoms with Gasteiger partial charge in [-0.25, -0.2) is 4.79 Å². The molecule has 0 radical (unpaired) electrons. The highest BCUT2D eigenvalue weighted by Crippen LogP contribution is 2.21. The first kappa shape index (κ1) is 27.4. The number of carbonyl (C=O) groups is 3. The van der Waals surface area contributed by atoms with E-state index < -0.39 is 12.1 Å². The van der Waals surface area contributed by atoms with Gasteiger partial charge < -0.3 is 19.9 Å². The van der Waals surface area contributed by atoms with Crippen LogP contribution in [0.15, 0.2) is 65.4 Å². The molecule has 3 rings (SSSR count). The quantitative estimate of drug-likeness (QED) is 0.307. The van der Waals surface area contributed by atoms with Crippen molar-refractivity contribution < 1.29 is 19.1 Å². The van der Waals surface area contributed by atoms with Crippen molar-refractivity contribution in [3.8, 4) is 0 Å². The summed E-state index contributed by atoms with van der Waals surface area (Å²) in [6, 6.07) is 17.0. The minimum atomic E-state index is -0.575. The van der Waals surface area contributed by atoms with Gasteiger partial charge in [0, 0.05) is 30.3 Å². The highest BCUT2D eigenvalue weighted by molar-refractivity contribution is 7.10. The Morgan fingerprint density at radius 1 is 0.917 bits per heavy atom. The van der Waals surface area contributed by atoms with E-state index in [0.717, 1.165) is 15.3 Å². The predicted octanol–water partition coefficient (Wildman–Crippen LogP) is 5.28. The monoisotopic (exact) mass is 527 g/mol. The number of alkyl carbamates (subject to hydrolysis) is 1. The zero-order chi connectivity index (χ0) is 25.8.